The monoisotopic (exact) mass is 251 g/mol. The predicted octanol–water partition coefficient (Wildman–Crippen LogP) is 1.26. The number of nitrogens with zero attached hydrogens (tertiary/aromatic N) is 1. The summed E-state index contributed by atoms with van der Waals surface area (Å²) in [4.78, 5) is 21.8. The third-order valence-corrected chi connectivity index (χ3v) is 2.84. The van der Waals surface area contributed by atoms with Crippen LogP contribution in [0.3, 0.4) is 0 Å². The number of nitro benzene ring substituents is 1. The molecule has 3 N–H and O–H groups in total. The van der Waals surface area contributed by atoms with Crippen molar-refractivity contribution in [3.63, 3.8) is 0 Å². The molecule has 0 aliphatic heterocycles. The molecule has 1 rings (SSSR count). The highest BCUT2D eigenvalue weighted by Crippen LogP contribution is 2.20. The summed E-state index contributed by atoms with van der Waals surface area (Å²) in [5.74, 6) is -0.247. The van der Waals surface area contributed by atoms with E-state index in [4.69, 9.17) is 5.73 Å². The zero-order chi connectivity index (χ0) is 13.7. The van der Waals surface area contributed by atoms with Gasteiger partial charge in [-0.25, -0.2) is 0 Å². The van der Waals surface area contributed by atoms with Gasteiger partial charge < -0.3 is 11.1 Å². The Labute approximate surface area is 105 Å². The minimum absolute atomic E-state index is 0.0570. The normalized spacial score (nSPS) is 11.9. The van der Waals surface area contributed by atoms with Crippen LogP contribution >= 0.6 is 0 Å². The SMILES string of the molecule is CCC(N)C(=O)NCc1cccc([N+](=O)[O-])c1C. The fourth-order valence-corrected chi connectivity index (χ4v) is 1.56. The molecule has 0 saturated carbocycles. The van der Waals surface area contributed by atoms with Crippen LogP contribution in [-0.4, -0.2) is 16.9 Å². The number of benzene rings is 1. The van der Waals surface area contributed by atoms with Crippen molar-refractivity contribution in [2.75, 3.05) is 0 Å². The Hall–Kier alpha value is -1.95. The molecule has 0 saturated heterocycles. The van der Waals surface area contributed by atoms with Crippen LogP contribution in [0.1, 0.15) is 24.5 Å². The van der Waals surface area contributed by atoms with E-state index >= 15 is 0 Å². The van der Waals surface area contributed by atoms with Gasteiger partial charge in [-0.2, -0.15) is 0 Å². The molecule has 1 aromatic carbocycles. The van der Waals surface area contributed by atoms with Crippen LogP contribution in [0.2, 0.25) is 0 Å². The van der Waals surface area contributed by atoms with Crippen molar-refractivity contribution in [2.45, 2.75) is 32.9 Å². The van der Waals surface area contributed by atoms with E-state index < -0.39 is 11.0 Å². The van der Waals surface area contributed by atoms with Crippen LogP contribution < -0.4 is 11.1 Å². The molecule has 0 spiro atoms. The van der Waals surface area contributed by atoms with Gasteiger partial charge in [-0.3, -0.25) is 14.9 Å². The quantitative estimate of drug-likeness (QED) is 0.608. The van der Waals surface area contributed by atoms with Gasteiger partial charge in [0.25, 0.3) is 5.69 Å². The molecule has 1 atom stereocenters. The lowest BCUT2D eigenvalue weighted by atomic mass is 10.1. The Bertz CT molecular complexity index is 460. The Morgan fingerprint density at radius 2 is 2.22 bits per heavy atom. The molecule has 0 radical (unpaired) electrons. The number of nitrogens with two attached hydrogens (primary N) is 1. The minimum Gasteiger partial charge on any atom is -0.351 e. The van der Waals surface area contributed by atoms with Crippen molar-refractivity contribution in [1.29, 1.82) is 0 Å². The summed E-state index contributed by atoms with van der Waals surface area (Å²) in [5, 5.41) is 13.4. The van der Waals surface area contributed by atoms with E-state index in [9.17, 15) is 14.9 Å². The van der Waals surface area contributed by atoms with Crippen LogP contribution in [0.15, 0.2) is 18.2 Å². The van der Waals surface area contributed by atoms with E-state index in [2.05, 4.69) is 5.32 Å². The van der Waals surface area contributed by atoms with E-state index in [1.165, 1.54) is 6.07 Å². The maximum atomic E-state index is 11.5. The number of hydrogen-bond acceptors (Lipinski definition) is 4. The molecule has 0 heterocycles. The van der Waals surface area contributed by atoms with Crippen molar-refractivity contribution in [3.05, 3.63) is 39.4 Å². The van der Waals surface area contributed by atoms with Gasteiger partial charge >= 0.3 is 0 Å². The maximum Gasteiger partial charge on any atom is 0.272 e. The van der Waals surface area contributed by atoms with E-state index in [1.807, 2.05) is 6.92 Å². The van der Waals surface area contributed by atoms with Crippen LogP contribution in [0.4, 0.5) is 5.69 Å². The summed E-state index contributed by atoms with van der Waals surface area (Å²) < 4.78 is 0. The number of hydrogen-bond donors (Lipinski definition) is 2. The first-order valence-corrected chi connectivity index (χ1v) is 5.73. The van der Waals surface area contributed by atoms with Crippen LogP contribution in [-0.2, 0) is 11.3 Å². The molecule has 0 aliphatic rings. The average Bonchev–Trinajstić information content (AvgIpc) is 2.35. The second kappa shape index (κ2) is 6.11. The number of amides is 1. The number of carbonyl (C=O) groups is 1. The lowest BCUT2D eigenvalue weighted by molar-refractivity contribution is -0.385. The molecular formula is C12H17N3O3. The summed E-state index contributed by atoms with van der Waals surface area (Å²) in [7, 11) is 0. The van der Waals surface area contributed by atoms with E-state index in [-0.39, 0.29) is 18.1 Å². The molecule has 1 aromatic rings. The van der Waals surface area contributed by atoms with Gasteiger partial charge in [0.05, 0.1) is 11.0 Å². The number of nitrogens with one attached hydrogen (secondary N) is 1. The number of carbonyl (C=O) groups excluding carboxylic acids is 1. The first-order valence-electron chi connectivity index (χ1n) is 5.73. The fourth-order valence-electron chi connectivity index (χ4n) is 1.56. The number of rotatable bonds is 5. The highest BCUT2D eigenvalue weighted by atomic mass is 16.6. The second-order valence-corrected chi connectivity index (χ2v) is 4.05. The molecule has 0 bridgehead atoms. The summed E-state index contributed by atoms with van der Waals surface area (Å²) in [6.07, 6.45) is 0.555. The average molecular weight is 251 g/mol. The zero-order valence-electron chi connectivity index (χ0n) is 10.5. The lowest BCUT2D eigenvalue weighted by Gasteiger charge is -2.11. The first-order chi connectivity index (χ1) is 8.47. The van der Waals surface area contributed by atoms with Crippen LogP contribution in [0, 0.1) is 17.0 Å². The largest absolute Gasteiger partial charge is 0.351 e. The van der Waals surface area contributed by atoms with Gasteiger partial charge in [0.15, 0.2) is 0 Å². The minimum atomic E-state index is -0.538. The summed E-state index contributed by atoms with van der Waals surface area (Å²) in [6, 6.07) is 4.26. The van der Waals surface area contributed by atoms with Crippen molar-refractivity contribution in [2.24, 2.45) is 5.73 Å². The van der Waals surface area contributed by atoms with Crippen molar-refractivity contribution in [1.82, 2.24) is 5.32 Å². The van der Waals surface area contributed by atoms with Crippen LogP contribution in [0.25, 0.3) is 0 Å². The highest BCUT2D eigenvalue weighted by molar-refractivity contribution is 5.81. The number of nitro groups is 1. The summed E-state index contributed by atoms with van der Waals surface area (Å²) in [6.45, 7) is 3.74. The molecule has 6 heteroatoms. The standard InChI is InChI=1S/C12H17N3O3/c1-3-10(13)12(16)14-7-9-5-4-6-11(8(9)2)15(17)18/h4-6,10H,3,7,13H2,1-2H3,(H,14,16). The van der Waals surface area contributed by atoms with Crippen molar-refractivity contribution in [3.8, 4) is 0 Å². The molecule has 98 valence electrons. The molecule has 1 unspecified atom stereocenters. The predicted molar refractivity (Wildman–Crippen MR) is 67.9 cm³/mol. The van der Waals surface area contributed by atoms with Gasteiger partial charge in [0, 0.05) is 18.2 Å². The Balaban J connectivity index is 2.77. The molecule has 0 aromatic heterocycles. The van der Waals surface area contributed by atoms with E-state index in [0.29, 0.717) is 12.0 Å². The van der Waals surface area contributed by atoms with Gasteiger partial charge in [-0.1, -0.05) is 19.1 Å². The van der Waals surface area contributed by atoms with Gasteiger partial charge in [-0.15, -0.1) is 0 Å². The van der Waals surface area contributed by atoms with Gasteiger partial charge in [-0.05, 0) is 18.9 Å². The topological polar surface area (TPSA) is 98.3 Å². The molecule has 6 nitrogen and oxygen atoms in total. The van der Waals surface area contributed by atoms with Crippen LogP contribution in [0.5, 0.6) is 0 Å². The van der Waals surface area contributed by atoms with Gasteiger partial charge in [0.2, 0.25) is 5.91 Å². The fraction of sp³-hybridized carbons (Fsp3) is 0.417. The van der Waals surface area contributed by atoms with E-state index in [0.717, 1.165) is 5.56 Å². The first kappa shape index (κ1) is 14.1. The van der Waals surface area contributed by atoms with Crippen molar-refractivity contribution < 1.29 is 9.72 Å². The molecule has 18 heavy (non-hydrogen) atoms. The third-order valence-electron chi connectivity index (χ3n) is 2.84. The third kappa shape index (κ3) is 3.27. The Morgan fingerprint density at radius 1 is 1.56 bits per heavy atom. The Kier molecular flexibility index (Phi) is 4.79. The maximum absolute atomic E-state index is 11.5. The molecule has 1 amide bonds. The molecule has 0 fully saturated rings. The highest BCUT2D eigenvalue weighted by Gasteiger charge is 2.15. The summed E-state index contributed by atoms with van der Waals surface area (Å²) in [5.41, 5.74) is 6.92. The van der Waals surface area contributed by atoms with Crippen molar-refractivity contribution >= 4 is 11.6 Å². The lowest BCUT2D eigenvalue weighted by Crippen LogP contribution is -2.39. The van der Waals surface area contributed by atoms with Gasteiger partial charge in [0.1, 0.15) is 0 Å². The second-order valence-electron chi connectivity index (χ2n) is 4.05. The zero-order valence-corrected chi connectivity index (χ0v) is 10.5. The Morgan fingerprint density at radius 3 is 2.78 bits per heavy atom. The van der Waals surface area contributed by atoms with E-state index in [1.54, 1.807) is 19.1 Å². The molecular weight excluding hydrogens is 234 g/mol. The summed E-state index contributed by atoms with van der Waals surface area (Å²) >= 11 is 0. The smallest absolute Gasteiger partial charge is 0.272 e. The molecule has 0 aliphatic carbocycles.